The minimum absolute atomic E-state index is 0.118. The number of nitrogens with zero attached hydrogens (tertiary/aromatic N) is 2. The van der Waals surface area contributed by atoms with Crippen LogP contribution in [-0.2, 0) is 4.79 Å². The van der Waals surface area contributed by atoms with Crippen molar-refractivity contribution >= 4 is 45.5 Å². The van der Waals surface area contributed by atoms with Gasteiger partial charge in [0.05, 0.1) is 16.1 Å². The Balaban J connectivity index is 1.64. The number of amidine groups is 1. The van der Waals surface area contributed by atoms with E-state index in [1.54, 1.807) is 6.20 Å². The highest BCUT2D eigenvalue weighted by atomic mass is 32.2. The zero-order valence-electron chi connectivity index (χ0n) is 15.4. The molecule has 1 saturated heterocycles. The molecule has 0 aliphatic carbocycles. The van der Waals surface area contributed by atoms with Crippen molar-refractivity contribution in [2.24, 2.45) is 4.99 Å². The number of carbonyl (C=O) groups is 1. The quantitative estimate of drug-likeness (QED) is 0.640. The van der Waals surface area contributed by atoms with E-state index in [2.05, 4.69) is 34.3 Å². The summed E-state index contributed by atoms with van der Waals surface area (Å²) in [6, 6.07) is 14.1. The van der Waals surface area contributed by atoms with E-state index in [4.69, 9.17) is 0 Å². The number of hydrogen-bond acceptors (Lipinski definition) is 4. The number of nitrogens with one attached hydrogen (secondary N) is 1. The third kappa shape index (κ3) is 3.64. The lowest BCUT2D eigenvalue weighted by atomic mass is 10.1. The normalized spacial score (nSPS) is 17.1. The Morgan fingerprint density at radius 2 is 1.85 bits per heavy atom. The summed E-state index contributed by atoms with van der Waals surface area (Å²) in [4.78, 5) is 22.0. The van der Waals surface area contributed by atoms with E-state index < -0.39 is 0 Å². The maximum atomic E-state index is 12.4. The molecule has 27 heavy (non-hydrogen) atoms. The third-order valence-corrected chi connectivity index (χ3v) is 5.33. The van der Waals surface area contributed by atoms with Crippen molar-refractivity contribution in [3.05, 3.63) is 75.8 Å². The van der Waals surface area contributed by atoms with Crippen LogP contribution in [0, 0.1) is 20.8 Å². The van der Waals surface area contributed by atoms with Gasteiger partial charge in [-0.15, -0.1) is 0 Å². The van der Waals surface area contributed by atoms with Crippen LogP contribution in [0.5, 0.6) is 0 Å². The lowest BCUT2D eigenvalue weighted by Gasteiger charge is -2.07. The molecule has 0 saturated carbocycles. The van der Waals surface area contributed by atoms with Gasteiger partial charge in [0.25, 0.3) is 5.91 Å². The molecule has 1 aliphatic rings. The molecule has 3 aromatic rings. The first-order chi connectivity index (χ1) is 13.0. The van der Waals surface area contributed by atoms with Gasteiger partial charge in [0.2, 0.25) is 0 Å². The van der Waals surface area contributed by atoms with Crippen LogP contribution in [0.15, 0.2) is 58.6 Å². The summed E-state index contributed by atoms with van der Waals surface area (Å²) in [7, 11) is 0. The number of hydrogen-bond donors (Lipinski definition) is 1. The molecule has 5 heteroatoms. The van der Waals surface area contributed by atoms with Crippen LogP contribution in [0.4, 0.5) is 5.69 Å². The highest BCUT2D eigenvalue weighted by Crippen LogP contribution is 2.31. The van der Waals surface area contributed by atoms with Crippen LogP contribution in [0.25, 0.3) is 17.0 Å². The number of aryl methyl sites for hydroxylation is 3. The van der Waals surface area contributed by atoms with E-state index in [0.717, 1.165) is 33.3 Å². The summed E-state index contributed by atoms with van der Waals surface area (Å²) in [6.45, 7) is 6.16. The van der Waals surface area contributed by atoms with Crippen LogP contribution in [0.1, 0.15) is 22.3 Å². The monoisotopic (exact) mass is 373 g/mol. The summed E-state index contributed by atoms with van der Waals surface area (Å²) < 4.78 is 0. The summed E-state index contributed by atoms with van der Waals surface area (Å²) in [5, 5.41) is 4.54. The minimum atomic E-state index is -0.118. The van der Waals surface area contributed by atoms with Gasteiger partial charge in [-0.1, -0.05) is 29.8 Å². The second kappa shape index (κ2) is 7.00. The maximum absolute atomic E-state index is 12.4. The zero-order valence-corrected chi connectivity index (χ0v) is 16.2. The molecule has 0 unspecified atom stereocenters. The fourth-order valence-electron chi connectivity index (χ4n) is 3.27. The summed E-state index contributed by atoms with van der Waals surface area (Å²) in [5.74, 6) is -0.118. The number of amides is 1. The van der Waals surface area contributed by atoms with Gasteiger partial charge in [-0.25, -0.2) is 4.99 Å². The van der Waals surface area contributed by atoms with E-state index in [9.17, 15) is 4.79 Å². The Bertz CT molecular complexity index is 1110. The Hall–Kier alpha value is -2.92. The van der Waals surface area contributed by atoms with Crippen molar-refractivity contribution in [2.45, 2.75) is 20.8 Å². The lowest BCUT2D eigenvalue weighted by Crippen LogP contribution is -2.19. The SMILES string of the molecule is Cc1cc(C)c(N=C2NC(=O)C(=Cc3ccc4ncccc4c3)S2)c(C)c1. The number of benzene rings is 2. The molecule has 1 fully saturated rings. The van der Waals surface area contributed by atoms with Crippen molar-refractivity contribution < 1.29 is 4.79 Å². The molecule has 0 bridgehead atoms. The first kappa shape index (κ1) is 17.5. The predicted molar refractivity (Wildman–Crippen MR) is 113 cm³/mol. The first-order valence-corrected chi connectivity index (χ1v) is 9.53. The Morgan fingerprint density at radius 3 is 2.63 bits per heavy atom. The Kier molecular flexibility index (Phi) is 4.54. The van der Waals surface area contributed by atoms with Crippen molar-refractivity contribution in [1.29, 1.82) is 0 Å². The molecule has 0 spiro atoms. The van der Waals surface area contributed by atoms with Crippen LogP contribution in [-0.4, -0.2) is 16.1 Å². The van der Waals surface area contributed by atoms with E-state index in [1.807, 2.05) is 50.3 Å². The summed E-state index contributed by atoms with van der Waals surface area (Å²) in [5.41, 5.74) is 6.25. The van der Waals surface area contributed by atoms with Gasteiger partial charge in [0, 0.05) is 11.6 Å². The van der Waals surface area contributed by atoms with Crippen LogP contribution in [0.2, 0.25) is 0 Å². The summed E-state index contributed by atoms with van der Waals surface area (Å²) >= 11 is 1.37. The highest BCUT2D eigenvalue weighted by Gasteiger charge is 2.24. The zero-order chi connectivity index (χ0) is 19.0. The largest absolute Gasteiger partial charge is 0.300 e. The van der Waals surface area contributed by atoms with E-state index in [0.29, 0.717) is 10.1 Å². The molecule has 134 valence electrons. The number of pyridine rings is 1. The second-order valence-electron chi connectivity index (χ2n) is 6.68. The third-order valence-electron chi connectivity index (χ3n) is 4.42. The van der Waals surface area contributed by atoms with Crippen LogP contribution in [0.3, 0.4) is 0 Å². The minimum Gasteiger partial charge on any atom is -0.300 e. The fourth-order valence-corrected chi connectivity index (χ4v) is 4.09. The molecule has 1 N–H and O–H groups in total. The molecule has 0 radical (unpaired) electrons. The van der Waals surface area contributed by atoms with E-state index >= 15 is 0 Å². The molecule has 1 amide bonds. The second-order valence-corrected chi connectivity index (χ2v) is 7.72. The van der Waals surface area contributed by atoms with Crippen molar-refractivity contribution in [2.75, 3.05) is 0 Å². The van der Waals surface area contributed by atoms with Crippen molar-refractivity contribution in [1.82, 2.24) is 10.3 Å². The van der Waals surface area contributed by atoms with E-state index in [-0.39, 0.29) is 5.91 Å². The number of aliphatic imine (C=N–C) groups is 1. The van der Waals surface area contributed by atoms with Gasteiger partial charge in [-0.05, 0) is 73.5 Å². The molecule has 1 aliphatic heterocycles. The maximum Gasteiger partial charge on any atom is 0.264 e. The number of thioether (sulfide) groups is 1. The number of aromatic nitrogens is 1. The Morgan fingerprint density at radius 1 is 1.07 bits per heavy atom. The molecule has 2 aromatic carbocycles. The standard InChI is InChI=1S/C22H19N3OS/c1-13-9-14(2)20(15(3)10-13)24-22-25-21(26)19(27-22)12-16-6-7-18-17(11-16)5-4-8-23-18/h4-12H,1-3H3,(H,24,25,26). The predicted octanol–water partition coefficient (Wildman–Crippen LogP) is 5.05. The molecular weight excluding hydrogens is 354 g/mol. The lowest BCUT2D eigenvalue weighted by molar-refractivity contribution is -0.115. The molecule has 0 atom stereocenters. The topological polar surface area (TPSA) is 54.4 Å². The van der Waals surface area contributed by atoms with Crippen molar-refractivity contribution in [3.63, 3.8) is 0 Å². The van der Waals surface area contributed by atoms with Crippen LogP contribution < -0.4 is 5.32 Å². The molecule has 2 heterocycles. The number of rotatable bonds is 2. The fraction of sp³-hybridized carbons (Fsp3) is 0.136. The van der Waals surface area contributed by atoms with Gasteiger partial charge in [0.15, 0.2) is 5.17 Å². The molecule has 1 aromatic heterocycles. The molecule has 4 rings (SSSR count). The Labute approximate surface area is 162 Å². The van der Waals surface area contributed by atoms with Crippen LogP contribution >= 0.6 is 11.8 Å². The van der Waals surface area contributed by atoms with Gasteiger partial charge >= 0.3 is 0 Å². The average molecular weight is 373 g/mol. The van der Waals surface area contributed by atoms with Crippen molar-refractivity contribution in [3.8, 4) is 0 Å². The number of fused-ring (bicyclic) bond motifs is 1. The van der Waals surface area contributed by atoms with Gasteiger partial charge in [-0.2, -0.15) is 0 Å². The molecule has 4 nitrogen and oxygen atoms in total. The summed E-state index contributed by atoms with van der Waals surface area (Å²) in [6.07, 6.45) is 3.67. The average Bonchev–Trinajstić information content (AvgIpc) is 2.97. The first-order valence-electron chi connectivity index (χ1n) is 8.72. The smallest absolute Gasteiger partial charge is 0.264 e. The van der Waals surface area contributed by atoms with Gasteiger partial charge < -0.3 is 5.32 Å². The van der Waals surface area contributed by atoms with Gasteiger partial charge in [-0.3, -0.25) is 9.78 Å². The number of carbonyl (C=O) groups excluding carboxylic acids is 1. The highest BCUT2D eigenvalue weighted by molar-refractivity contribution is 8.18. The van der Waals surface area contributed by atoms with Gasteiger partial charge in [0.1, 0.15) is 0 Å². The van der Waals surface area contributed by atoms with E-state index in [1.165, 1.54) is 17.3 Å². The molecular formula is C22H19N3OS.